The first-order valence-corrected chi connectivity index (χ1v) is 7.65. The van der Waals surface area contributed by atoms with Crippen LogP contribution in [0.5, 0.6) is 0 Å². The molecule has 2 fully saturated rings. The second-order valence-corrected chi connectivity index (χ2v) is 6.87. The molecule has 4 nitrogen and oxygen atoms in total. The molecule has 0 aromatic heterocycles. The van der Waals surface area contributed by atoms with E-state index in [4.69, 9.17) is 0 Å². The summed E-state index contributed by atoms with van der Waals surface area (Å²) in [5, 5.41) is 3.29. The zero-order valence-electron chi connectivity index (χ0n) is 12.9. The molecule has 110 valence electrons. The molecule has 2 amide bonds. The van der Waals surface area contributed by atoms with Crippen molar-refractivity contribution in [3.63, 3.8) is 0 Å². The monoisotopic (exact) mass is 267 g/mol. The molecule has 1 aliphatic carbocycles. The van der Waals surface area contributed by atoms with Gasteiger partial charge in [-0.15, -0.1) is 0 Å². The minimum absolute atomic E-state index is 0.0159. The van der Waals surface area contributed by atoms with Crippen LogP contribution in [-0.4, -0.2) is 54.6 Å². The van der Waals surface area contributed by atoms with Crippen LogP contribution in [0, 0.1) is 5.92 Å². The molecule has 0 spiro atoms. The minimum Gasteiger partial charge on any atom is -0.323 e. The molecule has 19 heavy (non-hydrogen) atoms. The molecule has 1 N–H and O–H groups in total. The maximum absolute atomic E-state index is 12.4. The molecule has 1 atom stereocenters. The van der Waals surface area contributed by atoms with Crippen LogP contribution in [0.1, 0.15) is 46.0 Å². The summed E-state index contributed by atoms with van der Waals surface area (Å²) in [5.41, 5.74) is -0.0159. The maximum atomic E-state index is 12.4. The van der Waals surface area contributed by atoms with Crippen molar-refractivity contribution in [1.29, 1.82) is 0 Å². The van der Waals surface area contributed by atoms with Crippen LogP contribution in [0.2, 0.25) is 0 Å². The van der Waals surface area contributed by atoms with Crippen molar-refractivity contribution in [1.82, 2.24) is 15.1 Å². The van der Waals surface area contributed by atoms with Gasteiger partial charge in [0.15, 0.2) is 0 Å². The second-order valence-electron chi connectivity index (χ2n) is 6.87. The summed E-state index contributed by atoms with van der Waals surface area (Å²) in [6.07, 6.45) is 6.64. The predicted molar refractivity (Wildman–Crippen MR) is 78.2 cm³/mol. The lowest BCUT2D eigenvalue weighted by molar-refractivity contribution is 0.176. The average molecular weight is 267 g/mol. The maximum Gasteiger partial charge on any atom is 0.320 e. The number of urea groups is 1. The highest BCUT2D eigenvalue weighted by molar-refractivity contribution is 5.77. The number of likely N-dealkylation sites (N-methyl/N-ethyl adjacent to an activating group) is 2. The first-order chi connectivity index (χ1) is 8.94. The van der Waals surface area contributed by atoms with Gasteiger partial charge in [-0.25, -0.2) is 4.79 Å². The molecule has 2 aliphatic rings. The topological polar surface area (TPSA) is 35.6 Å². The van der Waals surface area contributed by atoms with Gasteiger partial charge in [0, 0.05) is 25.7 Å². The minimum atomic E-state index is -0.0159. The summed E-state index contributed by atoms with van der Waals surface area (Å²) >= 11 is 0. The number of rotatable bonds is 4. The van der Waals surface area contributed by atoms with Crippen molar-refractivity contribution in [3.05, 3.63) is 0 Å². The largest absolute Gasteiger partial charge is 0.323 e. The Morgan fingerprint density at radius 3 is 2.47 bits per heavy atom. The summed E-state index contributed by atoms with van der Waals surface area (Å²) < 4.78 is 0. The van der Waals surface area contributed by atoms with Crippen molar-refractivity contribution >= 4 is 6.03 Å². The standard InChI is InChI=1S/C15H29N3O/c1-15(2,16-3)11-18-10-13(17(4)14(18)19)12-8-6-5-7-9-12/h12-13,16H,5-11H2,1-4H3. The SMILES string of the molecule is CNC(C)(C)CN1CC(C2CCCCC2)N(C)C1=O. The number of carbonyl (C=O) groups is 1. The van der Waals surface area contributed by atoms with Gasteiger partial charge in [-0.05, 0) is 39.7 Å². The van der Waals surface area contributed by atoms with Gasteiger partial charge in [-0.3, -0.25) is 0 Å². The predicted octanol–water partition coefficient (Wildman–Crippen LogP) is 2.30. The van der Waals surface area contributed by atoms with Crippen molar-refractivity contribution in [2.45, 2.75) is 57.5 Å². The molecule has 0 aromatic carbocycles. The van der Waals surface area contributed by atoms with E-state index in [1.807, 2.05) is 23.9 Å². The van der Waals surface area contributed by atoms with E-state index in [2.05, 4.69) is 19.2 Å². The number of hydrogen-bond acceptors (Lipinski definition) is 2. The van der Waals surface area contributed by atoms with Crippen LogP contribution >= 0.6 is 0 Å². The van der Waals surface area contributed by atoms with Gasteiger partial charge in [-0.1, -0.05) is 19.3 Å². The Balaban J connectivity index is 1.99. The molecule has 1 saturated carbocycles. The van der Waals surface area contributed by atoms with Crippen LogP contribution in [0.25, 0.3) is 0 Å². The molecule has 2 rings (SSSR count). The van der Waals surface area contributed by atoms with Gasteiger partial charge in [0.2, 0.25) is 0 Å². The van der Waals surface area contributed by atoms with Crippen LogP contribution in [0.3, 0.4) is 0 Å². The molecule has 1 heterocycles. The van der Waals surface area contributed by atoms with Crippen molar-refractivity contribution in [3.8, 4) is 0 Å². The quantitative estimate of drug-likeness (QED) is 0.848. The molecule has 1 unspecified atom stereocenters. The van der Waals surface area contributed by atoms with Gasteiger partial charge in [0.05, 0.1) is 6.04 Å². The first-order valence-electron chi connectivity index (χ1n) is 7.65. The third-order valence-corrected chi connectivity index (χ3v) is 4.93. The highest BCUT2D eigenvalue weighted by Crippen LogP contribution is 2.32. The third-order valence-electron chi connectivity index (χ3n) is 4.93. The van der Waals surface area contributed by atoms with E-state index < -0.39 is 0 Å². The van der Waals surface area contributed by atoms with E-state index in [0.717, 1.165) is 13.1 Å². The lowest BCUT2D eigenvalue weighted by Crippen LogP contribution is -2.48. The summed E-state index contributed by atoms with van der Waals surface area (Å²) in [6.45, 7) is 5.99. The summed E-state index contributed by atoms with van der Waals surface area (Å²) in [7, 11) is 3.94. The van der Waals surface area contributed by atoms with Crippen LogP contribution < -0.4 is 5.32 Å². The van der Waals surface area contributed by atoms with Gasteiger partial charge in [0.1, 0.15) is 0 Å². The Bertz CT molecular complexity index is 323. The van der Waals surface area contributed by atoms with Crippen LogP contribution in [0.15, 0.2) is 0 Å². The zero-order valence-corrected chi connectivity index (χ0v) is 12.9. The number of amides is 2. The normalized spacial score (nSPS) is 26.3. The van der Waals surface area contributed by atoms with E-state index in [1.165, 1.54) is 32.1 Å². The van der Waals surface area contributed by atoms with Crippen LogP contribution in [-0.2, 0) is 0 Å². The molecule has 0 bridgehead atoms. The Morgan fingerprint density at radius 1 is 1.26 bits per heavy atom. The van der Waals surface area contributed by atoms with E-state index in [1.54, 1.807) is 0 Å². The molecule has 4 heteroatoms. The van der Waals surface area contributed by atoms with Crippen molar-refractivity contribution in [2.75, 3.05) is 27.2 Å². The molecule has 0 radical (unpaired) electrons. The van der Waals surface area contributed by atoms with E-state index in [9.17, 15) is 4.79 Å². The van der Waals surface area contributed by atoms with Gasteiger partial charge in [0.25, 0.3) is 0 Å². The van der Waals surface area contributed by atoms with Crippen LogP contribution in [0.4, 0.5) is 4.79 Å². The fourth-order valence-electron chi connectivity index (χ4n) is 3.46. The zero-order chi connectivity index (χ0) is 14.0. The fraction of sp³-hybridized carbons (Fsp3) is 0.933. The van der Waals surface area contributed by atoms with E-state index >= 15 is 0 Å². The average Bonchev–Trinajstić information content (AvgIpc) is 2.68. The lowest BCUT2D eigenvalue weighted by atomic mass is 9.83. The Hall–Kier alpha value is -0.770. The van der Waals surface area contributed by atoms with E-state index in [-0.39, 0.29) is 11.6 Å². The lowest BCUT2D eigenvalue weighted by Gasteiger charge is -2.31. The van der Waals surface area contributed by atoms with Crippen molar-refractivity contribution < 1.29 is 4.79 Å². The Kier molecular flexibility index (Phi) is 4.39. The fourth-order valence-corrected chi connectivity index (χ4v) is 3.46. The number of carbonyl (C=O) groups excluding carboxylic acids is 1. The molecular weight excluding hydrogens is 238 g/mol. The molecule has 1 saturated heterocycles. The number of nitrogens with one attached hydrogen (secondary N) is 1. The molecule has 0 aromatic rings. The number of hydrogen-bond donors (Lipinski definition) is 1. The third kappa shape index (κ3) is 3.22. The van der Waals surface area contributed by atoms with Gasteiger partial charge < -0.3 is 15.1 Å². The van der Waals surface area contributed by atoms with E-state index in [0.29, 0.717) is 12.0 Å². The molecule has 1 aliphatic heterocycles. The second kappa shape index (κ2) is 5.70. The number of nitrogens with zero attached hydrogens (tertiary/aromatic N) is 2. The first kappa shape index (κ1) is 14.6. The summed E-state index contributed by atoms with van der Waals surface area (Å²) in [6, 6.07) is 0.638. The Morgan fingerprint density at radius 2 is 1.89 bits per heavy atom. The van der Waals surface area contributed by atoms with Crippen molar-refractivity contribution in [2.24, 2.45) is 5.92 Å². The Labute approximate surface area is 117 Å². The summed E-state index contributed by atoms with van der Waals surface area (Å²) in [4.78, 5) is 16.4. The summed E-state index contributed by atoms with van der Waals surface area (Å²) in [5.74, 6) is 0.713. The highest BCUT2D eigenvalue weighted by Gasteiger charge is 2.40. The smallest absolute Gasteiger partial charge is 0.320 e. The molecular formula is C15H29N3O. The highest BCUT2D eigenvalue weighted by atomic mass is 16.2. The van der Waals surface area contributed by atoms with Gasteiger partial charge >= 0.3 is 6.03 Å². The van der Waals surface area contributed by atoms with Gasteiger partial charge in [-0.2, -0.15) is 0 Å².